The van der Waals surface area contributed by atoms with Gasteiger partial charge < -0.3 is 14.4 Å². The first kappa shape index (κ1) is 19.4. The molecule has 2 aromatic heterocycles. The molecule has 2 atom stereocenters. The highest BCUT2D eigenvalue weighted by atomic mass is 32.1. The summed E-state index contributed by atoms with van der Waals surface area (Å²) >= 11 is 1.25. The molecule has 150 valence electrons. The minimum atomic E-state index is -0.108. The lowest BCUT2D eigenvalue weighted by Crippen LogP contribution is -2.49. The summed E-state index contributed by atoms with van der Waals surface area (Å²) in [5, 5.41) is 0. The topological polar surface area (TPSA) is 64.6 Å². The van der Waals surface area contributed by atoms with E-state index in [0.717, 1.165) is 24.0 Å². The number of rotatable bonds is 5. The highest BCUT2D eigenvalue weighted by Gasteiger charge is 2.32. The van der Waals surface area contributed by atoms with Gasteiger partial charge >= 0.3 is 0 Å². The van der Waals surface area contributed by atoms with E-state index in [-0.39, 0.29) is 18.1 Å². The van der Waals surface area contributed by atoms with Crippen LogP contribution in [-0.2, 0) is 0 Å². The lowest BCUT2D eigenvalue weighted by Gasteiger charge is -2.37. The third-order valence-corrected chi connectivity index (χ3v) is 5.97. The normalized spacial score (nSPS) is 19.0. The molecule has 0 spiro atoms. The third kappa shape index (κ3) is 4.24. The van der Waals surface area contributed by atoms with Crippen LogP contribution < -0.4 is 9.47 Å². The largest absolute Gasteiger partial charge is 0.497 e. The van der Waals surface area contributed by atoms with Gasteiger partial charge in [0.15, 0.2) is 0 Å². The van der Waals surface area contributed by atoms with Crippen molar-refractivity contribution >= 4 is 17.4 Å². The molecule has 1 aliphatic heterocycles. The van der Waals surface area contributed by atoms with Crippen LogP contribution in [0.5, 0.6) is 11.6 Å². The minimum Gasteiger partial charge on any atom is -0.497 e. The quantitative estimate of drug-likeness (QED) is 0.629. The Labute approximate surface area is 174 Å². The van der Waals surface area contributed by atoms with E-state index in [0.29, 0.717) is 23.1 Å². The average Bonchev–Trinajstić information content (AvgIpc) is 3.25. The van der Waals surface area contributed by atoms with Crippen molar-refractivity contribution in [1.29, 1.82) is 0 Å². The standard InChI is InChI=1S/C22H23N3O3S/c1-15-8-9-18(28-20-12-17(27-2)10-11-23-20)14-25(15)22(26)21-19(13-24-29-21)16-6-4-3-5-7-16/h3-7,10-13,15,18H,8-9,14H2,1-2H3/t15-,18-/m1/s1. The number of ether oxygens (including phenoxy) is 2. The van der Waals surface area contributed by atoms with E-state index in [2.05, 4.69) is 16.3 Å². The monoisotopic (exact) mass is 409 g/mol. The van der Waals surface area contributed by atoms with E-state index < -0.39 is 0 Å². The summed E-state index contributed by atoms with van der Waals surface area (Å²) in [5.41, 5.74) is 1.88. The van der Waals surface area contributed by atoms with Crippen molar-refractivity contribution in [3.05, 3.63) is 59.7 Å². The average molecular weight is 410 g/mol. The maximum Gasteiger partial charge on any atom is 0.266 e. The fourth-order valence-electron chi connectivity index (χ4n) is 3.55. The summed E-state index contributed by atoms with van der Waals surface area (Å²) in [5.74, 6) is 1.22. The Balaban J connectivity index is 1.52. The zero-order valence-electron chi connectivity index (χ0n) is 16.4. The van der Waals surface area contributed by atoms with Crippen molar-refractivity contribution in [2.45, 2.75) is 31.9 Å². The summed E-state index contributed by atoms with van der Waals surface area (Å²) < 4.78 is 15.6. The van der Waals surface area contributed by atoms with Crippen molar-refractivity contribution in [2.24, 2.45) is 0 Å². The van der Waals surface area contributed by atoms with Gasteiger partial charge in [0.25, 0.3) is 5.91 Å². The predicted octanol–water partition coefficient (Wildman–Crippen LogP) is 4.29. The van der Waals surface area contributed by atoms with Gasteiger partial charge in [-0.2, -0.15) is 4.37 Å². The van der Waals surface area contributed by atoms with Gasteiger partial charge in [-0.3, -0.25) is 4.79 Å². The first-order chi connectivity index (χ1) is 14.2. The summed E-state index contributed by atoms with van der Waals surface area (Å²) in [6.07, 6.45) is 5.07. The fraction of sp³-hybridized carbons (Fsp3) is 0.318. The number of benzene rings is 1. The van der Waals surface area contributed by atoms with Gasteiger partial charge in [-0.05, 0) is 42.9 Å². The summed E-state index contributed by atoms with van der Waals surface area (Å²) in [7, 11) is 1.61. The minimum absolute atomic E-state index is 0.00533. The van der Waals surface area contributed by atoms with Crippen LogP contribution in [0.25, 0.3) is 11.1 Å². The molecule has 0 radical (unpaired) electrons. The van der Waals surface area contributed by atoms with Crippen molar-refractivity contribution in [3.63, 3.8) is 0 Å². The lowest BCUT2D eigenvalue weighted by molar-refractivity contribution is 0.0377. The van der Waals surface area contributed by atoms with Gasteiger partial charge in [0.1, 0.15) is 16.7 Å². The fourth-order valence-corrected chi connectivity index (χ4v) is 4.28. The summed E-state index contributed by atoms with van der Waals surface area (Å²) in [6.45, 7) is 2.60. The Morgan fingerprint density at radius 2 is 2.03 bits per heavy atom. The Bertz CT molecular complexity index is 976. The molecule has 29 heavy (non-hydrogen) atoms. The molecule has 1 saturated heterocycles. The Morgan fingerprint density at radius 1 is 1.21 bits per heavy atom. The smallest absolute Gasteiger partial charge is 0.266 e. The van der Waals surface area contributed by atoms with Gasteiger partial charge in [-0.1, -0.05) is 30.3 Å². The molecule has 0 unspecified atom stereocenters. The van der Waals surface area contributed by atoms with Crippen LogP contribution >= 0.6 is 11.5 Å². The van der Waals surface area contributed by atoms with Gasteiger partial charge in [0.2, 0.25) is 5.88 Å². The number of amides is 1. The second-order valence-electron chi connectivity index (χ2n) is 7.09. The number of hydrogen-bond donors (Lipinski definition) is 0. The number of aromatic nitrogens is 2. The number of nitrogens with zero attached hydrogens (tertiary/aromatic N) is 3. The second kappa shape index (κ2) is 8.61. The molecule has 0 N–H and O–H groups in total. The Hall–Kier alpha value is -2.93. The number of hydrogen-bond acceptors (Lipinski definition) is 6. The molecule has 7 heteroatoms. The number of carbonyl (C=O) groups excluding carboxylic acids is 1. The zero-order chi connectivity index (χ0) is 20.2. The number of pyridine rings is 1. The van der Waals surface area contributed by atoms with Crippen LogP contribution in [0.3, 0.4) is 0 Å². The first-order valence-corrected chi connectivity index (χ1v) is 10.4. The molecule has 6 nitrogen and oxygen atoms in total. The molecular weight excluding hydrogens is 386 g/mol. The molecule has 0 bridgehead atoms. The molecule has 0 saturated carbocycles. The maximum atomic E-state index is 13.4. The van der Waals surface area contributed by atoms with Crippen LogP contribution in [0.2, 0.25) is 0 Å². The summed E-state index contributed by atoms with van der Waals surface area (Å²) in [6, 6.07) is 13.6. The van der Waals surface area contributed by atoms with Gasteiger partial charge in [0, 0.05) is 30.1 Å². The Kier molecular flexibility index (Phi) is 5.76. The van der Waals surface area contributed by atoms with E-state index in [1.165, 1.54) is 11.5 Å². The van der Waals surface area contributed by atoms with Crippen molar-refractivity contribution < 1.29 is 14.3 Å². The molecule has 1 aliphatic rings. The predicted molar refractivity (Wildman–Crippen MR) is 112 cm³/mol. The molecule has 4 rings (SSSR count). The molecule has 3 aromatic rings. The number of carbonyl (C=O) groups is 1. The SMILES string of the molecule is COc1ccnc(O[C@@H]2CC[C@@H](C)N(C(=O)c3sncc3-c3ccccc3)C2)c1. The van der Waals surface area contributed by atoms with Gasteiger partial charge in [-0.15, -0.1) is 0 Å². The zero-order valence-corrected chi connectivity index (χ0v) is 17.3. The number of likely N-dealkylation sites (tertiary alicyclic amines) is 1. The molecule has 1 fully saturated rings. The molecular formula is C22H23N3O3S. The molecule has 1 aromatic carbocycles. The van der Waals surface area contributed by atoms with E-state index in [9.17, 15) is 4.79 Å². The summed E-state index contributed by atoms with van der Waals surface area (Å²) in [4.78, 5) is 20.2. The first-order valence-electron chi connectivity index (χ1n) is 9.63. The Morgan fingerprint density at radius 3 is 2.83 bits per heavy atom. The van der Waals surface area contributed by atoms with Gasteiger partial charge in [0.05, 0.1) is 13.7 Å². The van der Waals surface area contributed by atoms with Crippen molar-refractivity contribution in [3.8, 4) is 22.8 Å². The van der Waals surface area contributed by atoms with Crippen LogP contribution in [0.4, 0.5) is 0 Å². The molecule has 1 amide bonds. The van der Waals surface area contributed by atoms with Crippen molar-refractivity contribution in [1.82, 2.24) is 14.3 Å². The molecule has 3 heterocycles. The third-order valence-electron chi connectivity index (χ3n) is 5.18. The molecule has 0 aliphatic carbocycles. The van der Waals surface area contributed by atoms with E-state index in [4.69, 9.17) is 9.47 Å². The van der Waals surface area contributed by atoms with E-state index in [1.807, 2.05) is 35.2 Å². The van der Waals surface area contributed by atoms with E-state index >= 15 is 0 Å². The lowest BCUT2D eigenvalue weighted by atomic mass is 10.00. The van der Waals surface area contributed by atoms with Crippen LogP contribution in [-0.4, -0.2) is 46.0 Å². The second-order valence-corrected chi connectivity index (χ2v) is 7.89. The number of piperidine rings is 1. The van der Waals surface area contributed by atoms with Crippen LogP contribution in [0, 0.1) is 0 Å². The van der Waals surface area contributed by atoms with Crippen LogP contribution in [0.1, 0.15) is 29.4 Å². The van der Waals surface area contributed by atoms with Crippen molar-refractivity contribution in [2.75, 3.05) is 13.7 Å². The highest BCUT2D eigenvalue weighted by molar-refractivity contribution is 7.08. The van der Waals surface area contributed by atoms with E-state index in [1.54, 1.807) is 31.6 Å². The number of methoxy groups -OCH3 is 1. The maximum absolute atomic E-state index is 13.4. The highest BCUT2D eigenvalue weighted by Crippen LogP contribution is 2.30. The van der Waals surface area contributed by atoms with Gasteiger partial charge in [-0.25, -0.2) is 4.98 Å². The van der Waals surface area contributed by atoms with Crippen LogP contribution in [0.15, 0.2) is 54.9 Å².